The van der Waals surface area contributed by atoms with Crippen molar-refractivity contribution in [1.29, 1.82) is 0 Å². The number of carbonyl (C=O) groups is 3. The van der Waals surface area contributed by atoms with Crippen molar-refractivity contribution < 1.29 is 29.9 Å². The summed E-state index contributed by atoms with van der Waals surface area (Å²) in [5.41, 5.74) is 3.44. The molecule has 0 aliphatic heterocycles. The minimum atomic E-state index is -1.51. The number of aliphatic carboxylic acids is 2. The van der Waals surface area contributed by atoms with E-state index in [0.717, 1.165) is 18.7 Å². The second kappa shape index (κ2) is 14.1. The molecule has 3 aromatic rings. The molecule has 33 heavy (non-hydrogen) atoms. The third kappa shape index (κ3) is 9.76. The Kier molecular flexibility index (Phi) is 10.8. The third-order valence-electron chi connectivity index (χ3n) is 4.84. The molecule has 0 atom stereocenters. The zero-order chi connectivity index (χ0) is 23.9. The van der Waals surface area contributed by atoms with E-state index in [1.807, 2.05) is 42.5 Å². The van der Waals surface area contributed by atoms with Gasteiger partial charge in [0.15, 0.2) is 5.78 Å². The van der Waals surface area contributed by atoms with Crippen molar-refractivity contribution in [2.75, 3.05) is 13.1 Å². The Hall–Kier alpha value is -4.03. The molecule has 6 heteroatoms. The maximum absolute atomic E-state index is 12.2. The molecule has 0 amide bonds. The fourth-order valence-electron chi connectivity index (χ4n) is 3.26. The number of carbonyl (C=O) groups excluding carboxylic acids is 2. The second-order valence-corrected chi connectivity index (χ2v) is 7.22. The lowest BCUT2D eigenvalue weighted by molar-refractivity contribution is -0.654. The summed E-state index contributed by atoms with van der Waals surface area (Å²) >= 11 is 0. The minimum Gasteiger partial charge on any atom is -0.545 e. The molecule has 0 fully saturated rings. The summed E-state index contributed by atoms with van der Waals surface area (Å²) in [5, 5.41) is 19.5. The van der Waals surface area contributed by atoms with Gasteiger partial charge in [-0.25, -0.2) is 4.79 Å². The Balaban J connectivity index is 0.000000414. The molecule has 170 valence electrons. The molecule has 6 nitrogen and oxygen atoms in total. The Morgan fingerprint density at radius 2 is 1.27 bits per heavy atom. The van der Waals surface area contributed by atoms with E-state index in [1.54, 1.807) is 0 Å². The highest BCUT2D eigenvalue weighted by Crippen LogP contribution is 2.22. The number of rotatable bonds is 10. The van der Waals surface area contributed by atoms with Gasteiger partial charge >= 0.3 is 5.97 Å². The van der Waals surface area contributed by atoms with Gasteiger partial charge in [-0.3, -0.25) is 4.79 Å². The molecule has 0 bridgehead atoms. The molecular formula is C27H27NO5. The minimum absolute atomic E-state index is 0.216. The Morgan fingerprint density at radius 1 is 0.788 bits per heavy atom. The maximum atomic E-state index is 12.2. The number of nitrogens with two attached hydrogens (primary N) is 1. The molecule has 0 saturated carbocycles. The predicted molar refractivity (Wildman–Crippen MR) is 124 cm³/mol. The van der Waals surface area contributed by atoms with Crippen molar-refractivity contribution in [1.82, 2.24) is 0 Å². The van der Waals surface area contributed by atoms with Crippen LogP contribution in [0.4, 0.5) is 0 Å². The van der Waals surface area contributed by atoms with Gasteiger partial charge in [-0.15, -0.1) is 0 Å². The van der Waals surface area contributed by atoms with E-state index in [2.05, 4.69) is 53.8 Å². The largest absolute Gasteiger partial charge is 0.545 e. The lowest BCUT2D eigenvalue weighted by Crippen LogP contribution is -2.85. The number of ketones is 1. The number of hydrogen-bond donors (Lipinski definition) is 2. The summed E-state index contributed by atoms with van der Waals surface area (Å²) in [7, 11) is 0. The zero-order valence-electron chi connectivity index (χ0n) is 18.2. The van der Waals surface area contributed by atoms with E-state index >= 15 is 0 Å². The van der Waals surface area contributed by atoms with Gasteiger partial charge in [0.1, 0.15) is 0 Å². The number of quaternary nitrogens is 1. The summed E-state index contributed by atoms with van der Waals surface area (Å²) in [5.74, 6) is -2.25. The summed E-state index contributed by atoms with van der Waals surface area (Å²) in [6.45, 7) is 1.75. The highest BCUT2D eigenvalue weighted by molar-refractivity contribution is 5.96. The van der Waals surface area contributed by atoms with Crippen LogP contribution in [0.1, 0.15) is 33.8 Å². The lowest BCUT2D eigenvalue weighted by atomic mass is 9.91. The fourth-order valence-corrected chi connectivity index (χ4v) is 3.26. The van der Waals surface area contributed by atoms with Crippen LogP contribution in [0.15, 0.2) is 103 Å². The first-order chi connectivity index (χ1) is 16.0. The number of hydrogen-bond acceptors (Lipinski definition) is 4. The highest BCUT2D eigenvalue weighted by atomic mass is 16.4. The molecule has 0 aromatic heterocycles. The zero-order valence-corrected chi connectivity index (χ0v) is 18.2. The van der Waals surface area contributed by atoms with Crippen molar-refractivity contribution in [3.05, 3.63) is 120 Å². The van der Waals surface area contributed by atoms with Gasteiger partial charge in [-0.2, -0.15) is 0 Å². The van der Waals surface area contributed by atoms with Crippen LogP contribution in [0, 0.1) is 0 Å². The quantitative estimate of drug-likeness (QED) is 0.282. The molecule has 0 spiro atoms. The van der Waals surface area contributed by atoms with Gasteiger partial charge in [0.2, 0.25) is 0 Å². The molecule has 0 heterocycles. The molecular weight excluding hydrogens is 418 g/mol. The van der Waals surface area contributed by atoms with E-state index in [0.29, 0.717) is 24.5 Å². The van der Waals surface area contributed by atoms with Crippen molar-refractivity contribution in [2.45, 2.75) is 12.3 Å². The highest BCUT2D eigenvalue weighted by Gasteiger charge is 2.16. The average Bonchev–Trinajstić information content (AvgIpc) is 2.84. The average molecular weight is 446 g/mol. The molecule has 0 aliphatic rings. The van der Waals surface area contributed by atoms with E-state index in [4.69, 9.17) is 5.11 Å². The molecule has 0 radical (unpaired) electrons. The van der Waals surface area contributed by atoms with E-state index in [1.165, 1.54) is 11.1 Å². The Morgan fingerprint density at radius 3 is 1.70 bits per heavy atom. The summed E-state index contributed by atoms with van der Waals surface area (Å²) < 4.78 is 0. The molecule has 0 aliphatic carbocycles. The van der Waals surface area contributed by atoms with Crippen molar-refractivity contribution in [3.63, 3.8) is 0 Å². The third-order valence-corrected chi connectivity index (χ3v) is 4.84. The molecule has 3 aromatic carbocycles. The van der Waals surface area contributed by atoms with Crippen LogP contribution in [-0.2, 0) is 9.59 Å². The smallest absolute Gasteiger partial charge is 0.328 e. The van der Waals surface area contributed by atoms with Gasteiger partial charge < -0.3 is 20.3 Å². The number of carboxylic acid groups (broad SMARTS) is 2. The van der Waals surface area contributed by atoms with Crippen molar-refractivity contribution in [2.24, 2.45) is 0 Å². The maximum Gasteiger partial charge on any atom is 0.328 e. The van der Waals surface area contributed by atoms with Crippen molar-refractivity contribution >= 4 is 17.7 Å². The fraction of sp³-hybridized carbons (Fsp3) is 0.148. The number of Topliss-reactive ketones (excluding diaryl/α,β-unsaturated/α-hetero) is 1. The van der Waals surface area contributed by atoms with Crippen LogP contribution in [0.5, 0.6) is 0 Å². The van der Waals surface area contributed by atoms with E-state index < -0.39 is 11.9 Å². The van der Waals surface area contributed by atoms with Gasteiger partial charge in [-0.1, -0.05) is 91.0 Å². The monoisotopic (exact) mass is 445 g/mol. The topological polar surface area (TPSA) is 111 Å². The van der Waals surface area contributed by atoms with Gasteiger partial charge in [0, 0.05) is 11.6 Å². The normalized spacial score (nSPS) is 10.5. The molecule has 0 unspecified atom stereocenters. The van der Waals surface area contributed by atoms with Crippen molar-refractivity contribution in [3.8, 4) is 0 Å². The van der Waals surface area contributed by atoms with Crippen LogP contribution in [0.2, 0.25) is 0 Å². The first-order valence-electron chi connectivity index (χ1n) is 10.6. The van der Waals surface area contributed by atoms with Crippen LogP contribution in [0.3, 0.4) is 0 Å². The predicted octanol–water partition coefficient (Wildman–Crippen LogP) is 2.03. The summed E-state index contributed by atoms with van der Waals surface area (Å²) in [6, 6.07) is 30.7. The van der Waals surface area contributed by atoms with Crippen LogP contribution in [0.25, 0.3) is 0 Å². The molecule has 3 rings (SSSR count). The number of benzene rings is 3. The number of carboxylic acids is 2. The second-order valence-electron chi connectivity index (χ2n) is 7.22. The SMILES string of the molecule is O=C(CC[NH2+]CC(c1ccccc1)c1ccccc1)c1ccccc1.O=C([O-])/C=C/C(=O)O. The standard InChI is InChI=1S/C23H23NO.C4H4O4/c25-23(21-14-8-3-9-15-21)16-17-24-18-22(19-10-4-1-5-11-19)20-12-6-2-7-13-20;5-3(6)1-2-4(7)8/h1-15,22,24H,16-18H2;1-2H,(H,5,6)(H,7,8)/b;2-1+. The van der Waals surface area contributed by atoms with Gasteiger partial charge in [-0.05, 0) is 17.2 Å². The van der Waals surface area contributed by atoms with Crippen LogP contribution in [-0.4, -0.2) is 35.9 Å². The first-order valence-corrected chi connectivity index (χ1v) is 10.6. The van der Waals surface area contributed by atoms with Gasteiger partial charge in [0.05, 0.1) is 31.4 Å². The van der Waals surface area contributed by atoms with Gasteiger partial charge in [0.25, 0.3) is 0 Å². The molecule has 3 N–H and O–H groups in total. The van der Waals surface area contributed by atoms with Crippen LogP contribution < -0.4 is 10.4 Å². The Bertz CT molecular complexity index is 978. The van der Waals surface area contributed by atoms with E-state index in [-0.39, 0.29) is 5.78 Å². The first kappa shape index (κ1) is 25.2. The lowest BCUT2D eigenvalue weighted by Gasteiger charge is -2.16. The Labute approximate surface area is 193 Å². The summed E-state index contributed by atoms with van der Waals surface area (Å²) in [4.78, 5) is 31.2. The summed E-state index contributed by atoms with van der Waals surface area (Å²) in [6.07, 6.45) is 1.51. The van der Waals surface area contributed by atoms with Crippen LogP contribution >= 0.6 is 0 Å². The molecule has 0 saturated heterocycles. The van der Waals surface area contributed by atoms with E-state index in [9.17, 15) is 19.5 Å².